The SMILES string of the molecule is Cn1ccc(NC2CCN(c3ccccc3)C2=O)n1. The molecule has 1 aliphatic heterocycles. The number of carbonyl (C=O) groups is 1. The highest BCUT2D eigenvalue weighted by atomic mass is 16.2. The van der Waals surface area contributed by atoms with E-state index in [1.165, 1.54) is 0 Å². The molecule has 0 radical (unpaired) electrons. The Morgan fingerprint density at radius 3 is 2.74 bits per heavy atom. The van der Waals surface area contributed by atoms with Crippen LogP contribution in [0.1, 0.15) is 6.42 Å². The van der Waals surface area contributed by atoms with Gasteiger partial charge in [-0.2, -0.15) is 5.10 Å². The highest BCUT2D eigenvalue weighted by molar-refractivity contribution is 6.00. The van der Waals surface area contributed by atoms with Crippen molar-refractivity contribution in [1.82, 2.24) is 9.78 Å². The molecule has 2 heterocycles. The van der Waals surface area contributed by atoms with Crippen molar-refractivity contribution in [3.8, 4) is 0 Å². The number of carbonyl (C=O) groups excluding carboxylic acids is 1. The maximum Gasteiger partial charge on any atom is 0.249 e. The van der Waals surface area contributed by atoms with Crippen molar-refractivity contribution in [2.24, 2.45) is 7.05 Å². The summed E-state index contributed by atoms with van der Waals surface area (Å²) in [7, 11) is 1.86. The van der Waals surface area contributed by atoms with Crippen LogP contribution in [0.5, 0.6) is 0 Å². The van der Waals surface area contributed by atoms with E-state index in [0.717, 1.165) is 24.5 Å². The minimum absolute atomic E-state index is 0.108. The van der Waals surface area contributed by atoms with Gasteiger partial charge in [0.15, 0.2) is 0 Å². The van der Waals surface area contributed by atoms with Gasteiger partial charge in [-0.05, 0) is 18.6 Å². The molecule has 5 nitrogen and oxygen atoms in total. The van der Waals surface area contributed by atoms with Crippen molar-refractivity contribution in [3.63, 3.8) is 0 Å². The van der Waals surface area contributed by atoms with Crippen molar-refractivity contribution >= 4 is 17.4 Å². The summed E-state index contributed by atoms with van der Waals surface area (Å²) >= 11 is 0. The van der Waals surface area contributed by atoms with Crippen LogP contribution in [0.25, 0.3) is 0 Å². The van der Waals surface area contributed by atoms with Crippen LogP contribution >= 0.6 is 0 Å². The normalized spacial score (nSPS) is 18.9. The predicted octanol–water partition coefficient (Wildman–Crippen LogP) is 1.64. The standard InChI is InChI=1S/C14H16N4O/c1-17-9-8-13(16-17)15-12-7-10-18(14(12)19)11-5-3-2-4-6-11/h2-6,8-9,12H,7,10H2,1H3,(H,15,16). The van der Waals surface area contributed by atoms with Crippen LogP contribution in [0.2, 0.25) is 0 Å². The number of amides is 1. The molecule has 0 spiro atoms. The molecule has 98 valence electrons. The second-order valence-electron chi connectivity index (χ2n) is 4.69. The lowest BCUT2D eigenvalue weighted by Gasteiger charge is -2.16. The molecule has 1 atom stereocenters. The molecule has 1 saturated heterocycles. The highest BCUT2D eigenvalue weighted by Crippen LogP contribution is 2.22. The number of benzene rings is 1. The quantitative estimate of drug-likeness (QED) is 0.908. The Labute approximate surface area is 111 Å². The van der Waals surface area contributed by atoms with Crippen molar-refractivity contribution in [2.75, 3.05) is 16.8 Å². The van der Waals surface area contributed by atoms with E-state index in [2.05, 4.69) is 10.4 Å². The zero-order valence-corrected chi connectivity index (χ0v) is 10.8. The molecule has 1 aromatic carbocycles. The average molecular weight is 256 g/mol. The Kier molecular flexibility index (Phi) is 2.95. The van der Waals surface area contributed by atoms with Gasteiger partial charge in [-0.15, -0.1) is 0 Å². The third-order valence-corrected chi connectivity index (χ3v) is 3.31. The number of aryl methyl sites for hydroxylation is 1. The third kappa shape index (κ3) is 2.31. The van der Waals surface area contributed by atoms with Crippen molar-refractivity contribution in [1.29, 1.82) is 0 Å². The first-order valence-corrected chi connectivity index (χ1v) is 6.36. The summed E-state index contributed by atoms with van der Waals surface area (Å²) < 4.78 is 1.72. The molecule has 1 unspecified atom stereocenters. The van der Waals surface area contributed by atoms with Gasteiger partial charge in [-0.3, -0.25) is 9.48 Å². The summed E-state index contributed by atoms with van der Waals surface area (Å²) in [6.07, 6.45) is 2.65. The Hall–Kier alpha value is -2.30. The molecular formula is C14H16N4O. The fraction of sp³-hybridized carbons (Fsp3) is 0.286. The average Bonchev–Trinajstić information content (AvgIpc) is 2.99. The van der Waals surface area contributed by atoms with Crippen LogP contribution in [0, 0.1) is 0 Å². The molecule has 19 heavy (non-hydrogen) atoms. The minimum atomic E-state index is -0.185. The number of hydrogen-bond donors (Lipinski definition) is 1. The number of aromatic nitrogens is 2. The molecule has 1 fully saturated rings. The molecule has 0 bridgehead atoms. The van der Waals surface area contributed by atoms with Crippen LogP contribution < -0.4 is 10.2 Å². The van der Waals surface area contributed by atoms with E-state index >= 15 is 0 Å². The lowest BCUT2D eigenvalue weighted by Crippen LogP contribution is -2.33. The zero-order valence-electron chi connectivity index (χ0n) is 10.8. The number of anilines is 2. The van der Waals surface area contributed by atoms with E-state index in [1.807, 2.05) is 54.5 Å². The van der Waals surface area contributed by atoms with Gasteiger partial charge in [0.2, 0.25) is 5.91 Å². The first-order chi connectivity index (χ1) is 9.24. The molecule has 1 aromatic heterocycles. The van der Waals surface area contributed by atoms with Crippen LogP contribution in [0.4, 0.5) is 11.5 Å². The molecular weight excluding hydrogens is 240 g/mol. The van der Waals surface area contributed by atoms with E-state index in [4.69, 9.17) is 0 Å². The Morgan fingerprint density at radius 1 is 1.26 bits per heavy atom. The monoisotopic (exact) mass is 256 g/mol. The summed E-state index contributed by atoms with van der Waals surface area (Å²) in [5.74, 6) is 0.854. The summed E-state index contributed by atoms with van der Waals surface area (Å²) in [5, 5.41) is 7.43. The van der Waals surface area contributed by atoms with Gasteiger partial charge in [-0.1, -0.05) is 18.2 Å². The van der Waals surface area contributed by atoms with E-state index in [1.54, 1.807) is 4.68 Å². The lowest BCUT2D eigenvalue weighted by atomic mass is 10.2. The van der Waals surface area contributed by atoms with Crippen LogP contribution in [-0.4, -0.2) is 28.3 Å². The maximum atomic E-state index is 12.3. The van der Waals surface area contributed by atoms with Crippen molar-refractivity contribution < 1.29 is 4.79 Å². The number of hydrogen-bond acceptors (Lipinski definition) is 3. The molecule has 0 saturated carbocycles. The second-order valence-corrected chi connectivity index (χ2v) is 4.69. The molecule has 0 aliphatic carbocycles. The fourth-order valence-electron chi connectivity index (χ4n) is 2.35. The van der Waals surface area contributed by atoms with Gasteiger partial charge < -0.3 is 10.2 Å². The van der Waals surface area contributed by atoms with E-state index in [9.17, 15) is 4.79 Å². The molecule has 5 heteroatoms. The van der Waals surface area contributed by atoms with E-state index in [-0.39, 0.29) is 11.9 Å². The Balaban J connectivity index is 1.72. The molecule has 2 aromatic rings. The van der Waals surface area contributed by atoms with Crippen LogP contribution in [-0.2, 0) is 11.8 Å². The summed E-state index contributed by atoms with van der Waals surface area (Å²) in [5.41, 5.74) is 0.956. The Bertz CT molecular complexity index is 578. The summed E-state index contributed by atoms with van der Waals surface area (Å²) in [4.78, 5) is 14.2. The number of rotatable bonds is 3. The topological polar surface area (TPSA) is 50.2 Å². The number of para-hydroxylation sites is 1. The minimum Gasteiger partial charge on any atom is -0.357 e. The van der Waals surface area contributed by atoms with E-state index in [0.29, 0.717) is 0 Å². The Morgan fingerprint density at radius 2 is 2.05 bits per heavy atom. The lowest BCUT2D eigenvalue weighted by molar-refractivity contribution is -0.117. The fourth-order valence-corrected chi connectivity index (χ4v) is 2.35. The maximum absolute atomic E-state index is 12.3. The van der Waals surface area contributed by atoms with Gasteiger partial charge in [0.05, 0.1) is 0 Å². The predicted molar refractivity (Wildman–Crippen MR) is 74.0 cm³/mol. The smallest absolute Gasteiger partial charge is 0.249 e. The number of nitrogens with zero attached hydrogens (tertiary/aromatic N) is 3. The van der Waals surface area contributed by atoms with Gasteiger partial charge in [0.25, 0.3) is 0 Å². The summed E-state index contributed by atoms with van der Waals surface area (Å²) in [6.45, 7) is 0.743. The molecule has 1 aliphatic rings. The van der Waals surface area contributed by atoms with Gasteiger partial charge in [0.1, 0.15) is 11.9 Å². The molecule has 1 N–H and O–H groups in total. The second kappa shape index (κ2) is 4.76. The zero-order chi connectivity index (χ0) is 13.2. The van der Waals surface area contributed by atoms with Crippen molar-refractivity contribution in [3.05, 3.63) is 42.6 Å². The summed E-state index contributed by atoms with van der Waals surface area (Å²) in [6, 6.07) is 11.5. The first-order valence-electron chi connectivity index (χ1n) is 6.36. The van der Waals surface area contributed by atoms with Gasteiger partial charge in [-0.25, -0.2) is 0 Å². The van der Waals surface area contributed by atoms with E-state index < -0.39 is 0 Å². The van der Waals surface area contributed by atoms with Gasteiger partial charge >= 0.3 is 0 Å². The van der Waals surface area contributed by atoms with Crippen LogP contribution in [0.3, 0.4) is 0 Å². The highest BCUT2D eigenvalue weighted by Gasteiger charge is 2.32. The van der Waals surface area contributed by atoms with Crippen LogP contribution in [0.15, 0.2) is 42.6 Å². The molecule has 3 rings (SSSR count). The number of nitrogens with one attached hydrogen (secondary N) is 1. The van der Waals surface area contributed by atoms with Gasteiger partial charge in [0, 0.05) is 31.5 Å². The van der Waals surface area contributed by atoms with Crippen molar-refractivity contribution in [2.45, 2.75) is 12.5 Å². The molecule has 1 amide bonds. The third-order valence-electron chi connectivity index (χ3n) is 3.31. The first kappa shape index (κ1) is 11.8. The largest absolute Gasteiger partial charge is 0.357 e.